The van der Waals surface area contributed by atoms with Crippen molar-refractivity contribution >= 4 is 5.97 Å². The van der Waals surface area contributed by atoms with Crippen LogP contribution >= 0.6 is 0 Å². The third-order valence-electron chi connectivity index (χ3n) is 2.95. The van der Waals surface area contributed by atoms with Crippen molar-refractivity contribution in [2.75, 3.05) is 7.11 Å². The van der Waals surface area contributed by atoms with E-state index >= 15 is 0 Å². The van der Waals surface area contributed by atoms with Crippen LogP contribution in [-0.2, 0) is 17.6 Å². The second-order valence-electron chi connectivity index (χ2n) is 4.29. The fourth-order valence-corrected chi connectivity index (χ4v) is 2.10. The third-order valence-corrected chi connectivity index (χ3v) is 2.95. The number of carboxylic acid groups (broad SMARTS) is 1. The maximum Gasteiger partial charge on any atom is 0.308 e. The predicted octanol–water partition coefficient (Wildman–Crippen LogP) is 1.78. The summed E-state index contributed by atoms with van der Waals surface area (Å²) < 4.78 is 6.82. The lowest BCUT2D eigenvalue weighted by molar-refractivity contribution is -0.136. The molecule has 1 heterocycles. The van der Waals surface area contributed by atoms with E-state index < -0.39 is 5.97 Å². The highest BCUT2D eigenvalue weighted by molar-refractivity contribution is 5.71. The lowest BCUT2D eigenvalue weighted by Gasteiger charge is -2.07. The standard InChI is InChI=1S/C14H16N2O4/c1-3-12-11(8-13(18)19)14(20-2)16(15-12)9-5-4-6-10(17)7-9/h4-7,17H,3,8H2,1-2H3,(H,18,19). The molecule has 0 aliphatic heterocycles. The number of nitrogens with zero attached hydrogens (tertiary/aromatic N) is 2. The van der Waals surface area contributed by atoms with Crippen LogP contribution < -0.4 is 4.74 Å². The fraction of sp³-hybridized carbons (Fsp3) is 0.286. The summed E-state index contributed by atoms with van der Waals surface area (Å²) in [6.07, 6.45) is 0.454. The number of hydrogen-bond acceptors (Lipinski definition) is 4. The molecule has 1 aromatic carbocycles. The number of carbonyl (C=O) groups is 1. The number of benzene rings is 1. The monoisotopic (exact) mass is 276 g/mol. The van der Waals surface area contributed by atoms with Crippen LogP contribution in [0.2, 0.25) is 0 Å². The van der Waals surface area contributed by atoms with Gasteiger partial charge in [-0.3, -0.25) is 4.79 Å². The number of phenols is 1. The number of aliphatic carboxylic acids is 1. The fourth-order valence-electron chi connectivity index (χ4n) is 2.10. The Bertz CT molecular complexity index is 634. The molecule has 0 spiro atoms. The van der Waals surface area contributed by atoms with Crippen molar-refractivity contribution in [3.05, 3.63) is 35.5 Å². The molecule has 0 fully saturated rings. The minimum absolute atomic E-state index is 0.109. The van der Waals surface area contributed by atoms with E-state index in [0.717, 1.165) is 0 Å². The average molecular weight is 276 g/mol. The largest absolute Gasteiger partial charge is 0.508 e. The first-order chi connectivity index (χ1) is 9.56. The molecule has 2 aromatic rings. The molecular formula is C14H16N2O4. The number of aryl methyl sites for hydroxylation is 1. The van der Waals surface area contributed by atoms with Crippen LogP contribution in [0.5, 0.6) is 11.6 Å². The van der Waals surface area contributed by atoms with Crippen LogP contribution in [-0.4, -0.2) is 33.1 Å². The van der Waals surface area contributed by atoms with Crippen LogP contribution in [0.4, 0.5) is 0 Å². The SMILES string of the molecule is CCc1nn(-c2cccc(O)c2)c(OC)c1CC(=O)O. The summed E-state index contributed by atoms with van der Waals surface area (Å²) in [5.74, 6) is -0.443. The molecule has 0 aliphatic carbocycles. The van der Waals surface area contributed by atoms with Crippen molar-refractivity contribution in [2.45, 2.75) is 19.8 Å². The Kier molecular flexibility index (Phi) is 3.93. The lowest BCUT2D eigenvalue weighted by atomic mass is 10.1. The Hall–Kier alpha value is -2.50. The van der Waals surface area contributed by atoms with Gasteiger partial charge in [0.1, 0.15) is 5.75 Å². The Morgan fingerprint density at radius 1 is 1.45 bits per heavy atom. The first kappa shape index (κ1) is 13.9. The van der Waals surface area contributed by atoms with Gasteiger partial charge in [0.15, 0.2) is 0 Å². The van der Waals surface area contributed by atoms with Crippen LogP contribution in [0, 0.1) is 0 Å². The Labute approximate surface area is 116 Å². The number of carboxylic acids is 1. The molecule has 1 aromatic heterocycles. The summed E-state index contributed by atoms with van der Waals surface area (Å²) >= 11 is 0. The van der Waals surface area contributed by atoms with Crippen LogP contribution in [0.3, 0.4) is 0 Å². The second-order valence-corrected chi connectivity index (χ2v) is 4.29. The van der Waals surface area contributed by atoms with Crippen LogP contribution in [0.15, 0.2) is 24.3 Å². The van der Waals surface area contributed by atoms with Gasteiger partial charge in [0.05, 0.1) is 24.9 Å². The number of aromatic hydroxyl groups is 1. The van der Waals surface area contributed by atoms with E-state index in [2.05, 4.69) is 5.10 Å². The molecule has 2 N–H and O–H groups in total. The molecule has 20 heavy (non-hydrogen) atoms. The molecule has 0 radical (unpaired) electrons. The summed E-state index contributed by atoms with van der Waals surface area (Å²) in [6.45, 7) is 1.90. The quantitative estimate of drug-likeness (QED) is 0.869. The zero-order valence-corrected chi connectivity index (χ0v) is 11.3. The highest BCUT2D eigenvalue weighted by Crippen LogP contribution is 2.28. The molecule has 0 atom stereocenters. The second kappa shape index (κ2) is 5.64. The minimum Gasteiger partial charge on any atom is -0.508 e. The molecule has 0 bridgehead atoms. The highest BCUT2D eigenvalue weighted by Gasteiger charge is 2.20. The molecule has 106 valence electrons. The third kappa shape index (κ3) is 2.59. The zero-order chi connectivity index (χ0) is 14.7. The number of hydrogen-bond donors (Lipinski definition) is 2. The van der Waals surface area contributed by atoms with Gasteiger partial charge in [-0.15, -0.1) is 0 Å². The van der Waals surface area contributed by atoms with Gasteiger partial charge < -0.3 is 14.9 Å². The molecule has 6 nitrogen and oxygen atoms in total. The van der Waals surface area contributed by atoms with Gasteiger partial charge in [0.25, 0.3) is 0 Å². The Morgan fingerprint density at radius 3 is 2.75 bits per heavy atom. The van der Waals surface area contributed by atoms with Gasteiger partial charge in [-0.1, -0.05) is 13.0 Å². The average Bonchev–Trinajstić information content (AvgIpc) is 2.75. The number of aromatic nitrogens is 2. The number of methoxy groups -OCH3 is 1. The molecule has 0 aliphatic rings. The topological polar surface area (TPSA) is 84.6 Å². The first-order valence-corrected chi connectivity index (χ1v) is 6.22. The van der Waals surface area contributed by atoms with Gasteiger partial charge in [-0.25, -0.2) is 4.68 Å². The highest BCUT2D eigenvalue weighted by atomic mass is 16.5. The van der Waals surface area contributed by atoms with E-state index in [-0.39, 0.29) is 12.2 Å². The molecule has 0 saturated carbocycles. The zero-order valence-electron chi connectivity index (χ0n) is 11.3. The van der Waals surface area contributed by atoms with Crippen molar-refractivity contribution in [2.24, 2.45) is 0 Å². The van der Waals surface area contributed by atoms with E-state index in [4.69, 9.17) is 9.84 Å². The minimum atomic E-state index is -0.937. The first-order valence-electron chi connectivity index (χ1n) is 6.22. The normalized spacial score (nSPS) is 10.5. The molecular weight excluding hydrogens is 260 g/mol. The lowest BCUT2D eigenvalue weighted by Crippen LogP contribution is -2.04. The summed E-state index contributed by atoms with van der Waals surface area (Å²) in [5.41, 5.74) is 1.85. The van der Waals surface area contributed by atoms with Crippen molar-refractivity contribution in [1.29, 1.82) is 0 Å². The smallest absolute Gasteiger partial charge is 0.308 e. The van der Waals surface area contributed by atoms with E-state index in [0.29, 0.717) is 29.2 Å². The van der Waals surface area contributed by atoms with Crippen molar-refractivity contribution in [3.63, 3.8) is 0 Å². The van der Waals surface area contributed by atoms with Gasteiger partial charge in [-0.2, -0.15) is 5.10 Å². The van der Waals surface area contributed by atoms with Crippen molar-refractivity contribution in [3.8, 4) is 17.3 Å². The van der Waals surface area contributed by atoms with Crippen molar-refractivity contribution in [1.82, 2.24) is 9.78 Å². The number of ether oxygens (including phenoxy) is 1. The van der Waals surface area contributed by atoms with E-state index in [1.807, 2.05) is 6.92 Å². The van der Waals surface area contributed by atoms with Gasteiger partial charge in [0, 0.05) is 11.6 Å². The summed E-state index contributed by atoms with van der Waals surface area (Å²) in [6, 6.07) is 6.55. The summed E-state index contributed by atoms with van der Waals surface area (Å²) in [7, 11) is 1.47. The molecule has 6 heteroatoms. The van der Waals surface area contributed by atoms with E-state index in [1.165, 1.54) is 11.8 Å². The summed E-state index contributed by atoms with van der Waals surface area (Å²) in [4.78, 5) is 11.0. The number of rotatable bonds is 5. The maximum atomic E-state index is 11.0. The van der Waals surface area contributed by atoms with Crippen LogP contribution in [0.1, 0.15) is 18.2 Å². The summed E-state index contributed by atoms with van der Waals surface area (Å²) in [5, 5.41) is 22.9. The number of phenolic OH excluding ortho intramolecular Hbond substituents is 1. The molecule has 0 unspecified atom stereocenters. The van der Waals surface area contributed by atoms with Gasteiger partial charge in [-0.05, 0) is 18.6 Å². The van der Waals surface area contributed by atoms with Gasteiger partial charge in [0.2, 0.25) is 5.88 Å². The Balaban J connectivity index is 2.59. The maximum absolute atomic E-state index is 11.0. The predicted molar refractivity (Wildman–Crippen MR) is 72.5 cm³/mol. The van der Waals surface area contributed by atoms with Gasteiger partial charge >= 0.3 is 5.97 Å². The van der Waals surface area contributed by atoms with E-state index in [1.54, 1.807) is 24.3 Å². The molecule has 0 amide bonds. The molecule has 0 saturated heterocycles. The molecule has 2 rings (SSSR count). The Morgan fingerprint density at radius 2 is 2.20 bits per heavy atom. The van der Waals surface area contributed by atoms with Crippen molar-refractivity contribution < 1.29 is 19.7 Å². The van der Waals surface area contributed by atoms with E-state index in [9.17, 15) is 9.90 Å². The van der Waals surface area contributed by atoms with Crippen LogP contribution in [0.25, 0.3) is 5.69 Å².